The minimum atomic E-state index is -0.854. The normalized spacial score (nSPS) is 17.2. The van der Waals surface area contributed by atoms with Crippen LogP contribution in [0.4, 0.5) is 5.69 Å². The van der Waals surface area contributed by atoms with Gasteiger partial charge in [-0.25, -0.2) is 5.01 Å². The summed E-state index contributed by atoms with van der Waals surface area (Å²) in [7, 11) is 0. The van der Waals surface area contributed by atoms with Gasteiger partial charge in [-0.1, -0.05) is 18.2 Å². The fraction of sp³-hybridized carbons (Fsp3) is 0.208. The van der Waals surface area contributed by atoms with Gasteiger partial charge < -0.3 is 19.2 Å². The van der Waals surface area contributed by atoms with Gasteiger partial charge in [0, 0.05) is 18.7 Å². The highest BCUT2D eigenvalue weighted by atomic mass is 16.5. The van der Waals surface area contributed by atoms with Gasteiger partial charge in [-0.3, -0.25) is 19.8 Å². The third kappa shape index (κ3) is 4.67. The highest BCUT2D eigenvalue weighted by molar-refractivity contribution is 6.00. The quantitative estimate of drug-likeness (QED) is 0.511. The average molecular weight is 449 g/mol. The summed E-state index contributed by atoms with van der Waals surface area (Å²) in [5.74, 6) is 0.0807. The Labute approximate surface area is 190 Å². The minimum Gasteiger partial charge on any atom is -0.493 e. The fourth-order valence-electron chi connectivity index (χ4n) is 3.52. The molecule has 0 saturated carbocycles. The SMILES string of the molecule is CCOc1cc(NC(C)=O)ccc1C(=O)NN1C(=O)[C@@H](Oc2ccccc2)[C@@H]1c1ccco1. The molecule has 4 rings (SSSR count). The second-order valence-corrected chi connectivity index (χ2v) is 7.29. The summed E-state index contributed by atoms with van der Waals surface area (Å²) in [6.45, 7) is 3.48. The number of hydrogen-bond acceptors (Lipinski definition) is 6. The number of nitrogens with zero attached hydrogens (tertiary/aromatic N) is 1. The van der Waals surface area contributed by atoms with Crippen molar-refractivity contribution in [2.45, 2.75) is 26.0 Å². The maximum atomic E-state index is 13.1. The van der Waals surface area contributed by atoms with Crippen molar-refractivity contribution in [3.8, 4) is 11.5 Å². The van der Waals surface area contributed by atoms with Gasteiger partial charge in [-0.05, 0) is 43.3 Å². The van der Waals surface area contributed by atoms with E-state index < -0.39 is 24.0 Å². The molecule has 0 unspecified atom stereocenters. The average Bonchev–Trinajstić information content (AvgIpc) is 3.32. The standard InChI is InChI=1S/C24H23N3O6/c1-3-31-20-14-16(25-15(2)28)11-12-18(20)23(29)26-27-21(19-10-7-13-32-19)22(24(27)30)33-17-8-5-4-6-9-17/h4-14,21-22H,3H2,1-2H3,(H,25,28)(H,26,29)/t21-,22-/m0/s1. The van der Waals surface area contributed by atoms with Gasteiger partial charge in [0.2, 0.25) is 12.0 Å². The molecule has 0 bridgehead atoms. The van der Waals surface area contributed by atoms with E-state index in [9.17, 15) is 14.4 Å². The molecule has 9 heteroatoms. The maximum absolute atomic E-state index is 13.1. The third-order valence-corrected chi connectivity index (χ3v) is 4.96. The number of β-lactam (4-membered cyclic amide) rings is 1. The molecule has 2 atom stereocenters. The number of hydrogen-bond donors (Lipinski definition) is 2. The Morgan fingerprint density at radius 1 is 1.09 bits per heavy atom. The second-order valence-electron chi connectivity index (χ2n) is 7.29. The van der Waals surface area contributed by atoms with Gasteiger partial charge in [0.25, 0.3) is 11.8 Å². The molecule has 2 aromatic carbocycles. The number of carbonyl (C=O) groups is 3. The number of anilines is 1. The lowest BCUT2D eigenvalue weighted by Gasteiger charge is -2.44. The van der Waals surface area contributed by atoms with E-state index in [4.69, 9.17) is 13.9 Å². The van der Waals surface area contributed by atoms with Crippen LogP contribution in [-0.4, -0.2) is 35.4 Å². The van der Waals surface area contributed by atoms with Crippen molar-refractivity contribution in [2.75, 3.05) is 11.9 Å². The monoisotopic (exact) mass is 449 g/mol. The molecule has 3 aromatic rings. The van der Waals surface area contributed by atoms with Crippen molar-refractivity contribution < 1.29 is 28.3 Å². The summed E-state index contributed by atoms with van der Waals surface area (Å²) in [4.78, 5) is 37.3. The number of amides is 3. The van der Waals surface area contributed by atoms with Crippen LogP contribution in [-0.2, 0) is 9.59 Å². The predicted molar refractivity (Wildman–Crippen MR) is 119 cm³/mol. The zero-order valence-electron chi connectivity index (χ0n) is 18.1. The van der Waals surface area contributed by atoms with Crippen LogP contribution in [0.15, 0.2) is 71.3 Å². The summed E-state index contributed by atoms with van der Waals surface area (Å²) >= 11 is 0. The van der Waals surface area contributed by atoms with Crippen LogP contribution in [0, 0.1) is 0 Å². The lowest BCUT2D eigenvalue weighted by atomic mass is 9.97. The van der Waals surface area contributed by atoms with E-state index in [-0.39, 0.29) is 17.2 Å². The Kier molecular flexibility index (Phi) is 6.30. The third-order valence-electron chi connectivity index (χ3n) is 4.96. The summed E-state index contributed by atoms with van der Waals surface area (Å²) < 4.78 is 16.9. The van der Waals surface area contributed by atoms with E-state index in [0.29, 0.717) is 23.8 Å². The number of hydrazine groups is 1. The van der Waals surface area contributed by atoms with E-state index in [0.717, 1.165) is 0 Å². The number of benzene rings is 2. The first kappa shape index (κ1) is 21.9. The number of furan rings is 1. The summed E-state index contributed by atoms with van der Waals surface area (Å²) in [6.07, 6.45) is 0.637. The molecule has 2 heterocycles. The fourth-order valence-corrected chi connectivity index (χ4v) is 3.52. The Morgan fingerprint density at radius 3 is 2.55 bits per heavy atom. The van der Waals surface area contributed by atoms with Crippen LogP contribution in [0.2, 0.25) is 0 Å². The van der Waals surface area contributed by atoms with Gasteiger partial charge in [0.1, 0.15) is 17.3 Å². The molecule has 33 heavy (non-hydrogen) atoms. The number of para-hydroxylation sites is 1. The molecule has 0 spiro atoms. The van der Waals surface area contributed by atoms with Gasteiger partial charge in [0.15, 0.2) is 6.04 Å². The van der Waals surface area contributed by atoms with Crippen LogP contribution in [0.5, 0.6) is 11.5 Å². The Morgan fingerprint density at radius 2 is 1.88 bits per heavy atom. The van der Waals surface area contributed by atoms with Crippen molar-refractivity contribution in [1.82, 2.24) is 10.4 Å². The minimum absolute atomic E-state index is 0.212. The molecule has 3 amide bonds. The molecule has 1 aromatic heterocycles. The molecular formula is C24H23N3O6. The molecule has 2 N–H and O–H groups in total. The van der Waals surface area contributed by atoms with Crippen LogP contribution in [0.3, 0.4) is 0 Å². The first-order valence-corrected chi connectivity index (χ1v) is 10.4. The van der Waals surface area contributed by atoms with Gasteiger partial charge >= 0.3 is 0 Å². The lowest BCUT2D eigenvalue weighted by Crippen LogP contribution is -2.66. The molecule has 1 aliphatic rings. The molecule has 0 aliphatic carbocycles. The number of nitrogens with one attached hydrogen (secondary N) is 2. The predicted octanol–water partition coefficient (Wildman–Crippen LogP) is 3.31. The topological polar surface area (TPSA) is 110 Å². The van der Waals surface area contributed by atoms with E-state index in [1.165, 1.54) is 24.3 Å². The first-order valence-electron chi connectivity index (χ1n) is 10.4. The molecule has 1 fully saturated rings. The smallest absolute Gasteiger partial charge is 0.285 e. The van der Waals surface area contributed by atoms with Crippen molar-refractivity contribution in [3.63, 3.8) is 0 Å². The summed E-state index contributed by atoms with van der Waals surface area (Å²) in [6, 6.07) is 16.4. The molecule has 170 valence electrons. The van der Waals surface area contributed by atoms with Gasteiger partial charge in [0.05, 0.1) is 18.4 Å². The van der Waals surface area contributed by atoms with Gasteiger partial charge in [-0.2, -0.15) is 0 Å². The summed E-state index contributed by atoms with van der Waals surface area (Å²) in [5.41, 5.74) is 3.34. The molecule has 1 aliphatic heterocycles. The number of rotatable bonds is 8. The first-order chi connectivity index (χ1) is 16.0. The van der Waals surface area contributed by atoms with E-state index in [2.05, 4.69) is 10.7 Å². The molecule has 9 nitrogen and oxygen atoms in total. The second kappa shape index (κ2) is 9.47. The molecular weight excluding hydrogens is 426 g/mol. The summed E-state index contributed by atoms with van der Waals surface area (Å²) in [5, 5.41) is 3.84. The van der Waals surface area contributed by atoms with Crippen LogP contribution < -0.4 is 20.2 Å². The Balaban J connectivity index is 1.55. The highest BCUT2D eigenvalue weighted by Crippen LogP contribution is 2.37. The Hall–Kier alpha value is -4.27. The zero-order chi connectivity index (χ0) is 23.4. The molecule has 0 radical (unpaired) electrons. The van der Waals surface area contributed by atoms with E-state index in [1.807, 2.05) is 6.07 Å². The van der Waals surface area contributed by atoms with E-state index in [1.54, 1.807) is 55.5 Å². The van der Waals surface area contributed by atoms with E-state index >= 15 is 0 Å². The molecule has 1 saturated heterocycles. The van der Waals surface area contributed by atoms with Crippen molar-refractivity contribution in [3.05, 3.63) is 78.3 Å². The highest BCUT2D eigenvalue weighted by Gasteiger charge is 2.53. The van der Waals surface area contributed by atoms with Gasteiger partial charge in [-0.15, -0.1) is 0 Å². The number of carbonyl (C=O) groups excluding carboxylic acids is 3. The van der Waals surface area contributed by atoms with Crippen molar-refractivity contribution in [2.24, 2.45) is 0 Å². The van der Waals surface area contributed by atoms with Crippen LogP contribution in [0.1, 0.15) is 36.0 Å². The zero-order valence-corrected chi connectivity index (χ0v) is 18.1. The van der Waals surface area contributed by atoms with Crippen LogP contribution in [0.25, 0.3) is 0 Å². The largest absolute Gasteiger partial charge is 0.493 e. The maximum Gasteiger partial charge on any atom is 0.285 e. The Bertz CT molecular complexity index is 1150. The van der Waals surface area contributed by atoms with Crippen LogP contribution >= 0.6 is 0 Å². The lowest BCUT2D eigenvalue weighted by molar-refractivity contribution is -0.170. The number of ether oxygens (including phenoxy) is 2. The van der Waals surface area contributed by atoms with Crippen molar-refractivity contribution >= 4 is 23.4 Å². The van der Waals surface area contributed by atoms with Crippen molar-refractivity contribution in [1.29, 1.82) is 0 Å².